The number of methoxy groups -OCH3 is 1. The zero-order valence-corrected chi connectivity index (χ0v) is 17.1. The van der Waals surface area contributed by atoms with E-state index >= 15 is 0 Å². The average Bonchev–Trinajstić information content (AvgIpc) is 3.07. The Kier molecular flexibility index (Phi) is 4.71. The minimum absolute atomic E-state index is 0.131. The molecule has 0 bridgehead atoms. The maximum Gasteiger partial charge on any atom is 0.263 e. The van der Waals surface area contributed by atoms with Gasteiger partial charge in [0.25, 0.3) is 10.0 Å². The largest absolute Gasteiger partial charge is 0.497 e. The lowest BCUT2D eigenvalue weighted by Gasteiger charge is -2.12. The highest BCUT2D eigenvalue weighted by atomic mass is 32.2. The van der Waals surface area contributed by atoms with Crippen molar-refractivity contribution in [3.8, 4) is 11.6 Å². The first kappa shape index (κ1) is 18.9. The highest BCUT2D eigenvalue weighted by Gasteiger charge is 2.19. The molecule has 2 aromatic carbocycles. The van der Waals surface area contributed by atoms with Gasteiger partial charge in [-0.05, 0) is 55.8 Å². The monoisotopic (exact) mass is 408 g/mol. The van der Waals surface area contributed by atoms with Crippen molar-refractivity contribution in [3.63, 3.8) is 0 Å². The van der Waals surface area contributed by atoms with Gasteiger partial charge in [-0.1, -0.05) is 18.2 Å². The minimum Gasteiger partial charge on any atom is -0.497 e. The number of aryl methyl sites for hydroxylation is 2. The number of nitrogens with one attached hydrogen (secondary N) is 1. The molecule has 4 rings (SSSR count). The fraction of sp³-hybridized carbons (Fsp3) is 0.143. The van der Waals surface area contributed by atoms with Gasteiger partial charge in [0.1, 0.15) is 11.6 Å². The summed E-state index contributed by atoms with van der Waals surface area (Å²) in [5, 5.41) is 5.48. The lowest BCUT2D eigenvalue weighted by atomic mass is 10.1. The van der Waals surface area contributed by atoms with Gasteiger partial charge < -0.3 is 4.74 Å². The van der Waals surface area contributed by atoms with E-state index in [1.165, 1.54) is 23.9 Å². The first-order chi connectivity index (χ1) is 13.9. The van der Waals surface area contributed by atoms with E-state index in [1.54, 1.807) is 25.1 Å². The normalized spacial score (nSPS) is 11.6. The molecule has 0 radical (unpaired) electrons. The summed E-state index contributed by atoms with van der Waals surface area (Å²) in [7, 11) is -2.27. The van der Waals surface area contributed by atoms with E-state index in [4.69, 9.17) is 4.74 Å². The van der Waals surface area contributed by atoms with Crippen LogP contribution in [0.15, 0.2) is 65.6 Å². The van der Waals surface area contributed by atoms with Crippen molar-refractivity contribution < 1.29 is 13.2 Å². The second-order valence-corrected chi connectivity index (χ2v) is 8.36. The summed E-state index contributed by atoms with van der Waals surface area (Å²) < 4.78 is 34.9. The number of fused-ring (bicyclic) bond motifs is 1. The molecule has 0 unspecified atom stereocenters. The van der Waals surface area contributed by atoms with Gasteiger partial charge in [-0.25, -0.2) is 13.4 Å². The number of aromatic nitrogens is 3. The third-order valence-corrected chi connectivity index (χ3v) is 5.94. The zero-order valence-electron chi connectivity index (χ0n) is 16.2. The Morgan fingerprint density at radius 3 is 2.45 bits per heavy atom. The highest BCUT2D eigenvalue weighted by molar-refractivity contribution is 7.92. The SMILES string of the molecule is COc1ccc(S(=O)(=O)Nc2cc(C)nn2-c2cc(C)c3ccccc3n2)cc1. The summed E-state index contributed by atoms with van der Waals surface area (Å²) in [6, 6.07) is 17.6. The molecule has 0 aliphatic carbocycles. The summed E-state index contributed by atoms with van der Waals surface area (Å²) in [5.41, 5.74) is 2.52. The molecule has 0 spiro atoms. The first-order valence-electron chi connectivity index (χ1n) is 8.98. The zero-order chi connectivity index (χ0) is 20.6. The van der Waals surface area contributed by atoms with Crippen LogP contribution in [0.3, 0.4) is 0 Å². The first-order valence-corrected chi connectivity index (χ1v) is 10.5. The fourth-order valence-corrected chi connectivity index (χ4v) is 4.17. The fourth-order valence-electron chi connectivity index (χ4n) is 3.14. The molecule has 2 heterocycles. The van der Waals surface area contributed by atoms with Crippen molar-refractivity contribution in [2.24, 2.45) is 0 Å². The van der Waals surface area contributed by atoms with E-state index in [9.17, 15) is 8.42 Å². The molecule has 0 aliphatic rings. The Balaban J connectivity index is 1.75. The van der Waals surface area contributed by atoms with E-state index in [2.05, 4.69) is 14.8 Å². The number of ether oxygens (including phenoxy) is 1. The van der Waals surface area contributed by atoms with E-state index in [0.717, 1.165) is 16.5 Å². The second-order valence-electron chi connectivity index (χ2n) is 6.68. The van der Waals surface area contributed by atoms with Gasteiger partial charge in [-0.2, -0.15) is 9.78 Å². The van der Waals surface area contributed by atoms with Crippen LogP contribution >= 0.6 is 0 Å². The average molecular weight is 408 g/mol. The molecule has 0 atom stereocenters. The molecule has 4 aromatic rings. The Morgan fingerprint density at radius 2 is 1.72 bits per heavy atom. The molecule has 29 heavy (non-hydrogen) atoms. The molecule has 1 N–H and O–H groups in total. The molecule has 0 amide bonds. The number of pyridine rings is 1. The smallest absolute Gasteiger partial charge is 0.263 e. The van der Waals surface area contributed by atoms with E-state index < -0.39 is 10.0 Å². The van der Waals surface area contributed by atoms with Crippen LogP contribution in [0.4, 0.5) is 5.82 Å². The van der Waals surface area contributed by atoms with Crippen molar-refractivity contribution in [2.75, 3.05) is 11.8 Å². The summed E-state index contributed by atoms with van der Waals surface area (Å²) in [5.74, 6) is 1.45. The van der Waals surface area contributed by atoms with Crippen LogP contribution in [0, 0.1) is 13.8 Å². The van der Waals surface area contributed by atoms with Gasteiger partial charge in [-0.3, -0.25) is 4.72 Å². The van der Waals surface area contributed by atoms with Crippen LogP contribution in [0.2, 0.25) is 0 Å². The van der Waals surface area contributed by atoms with Gasteiger partial charge in [0.2, 0.25) is 0 Å². The third-order valence-electron chi connectivity index (χ3n) is 4.57. The molecule has 2 aromatic heterocycles. The second kappa shape index (κ2) is 7.21. The van der Waals surface area contributed by atoms with Crippen LogP contribution < -0.4 is 9.46 Å². The lowest BCUT2D eigenvalue weighted by Crippen LogP contribution is -2.16. The molecule has 0 fully saturated rings. The van der Waals surface area contributed by atoms with Crippen molar-refractivity contribution in [1.82, 2.24) is 14.8 Å². The van der Waals surface area contributed by atoms with Crippen molar-refractivity contribution in [1.29, 1.82) is 0 Å². The molecule has 8 heteroatoms. The Labute approximate surface area is 169 Å². The van der Waals surface area contributed by atoms with Crippen molar-refractivity contribution >= 4 is 26.7 Å². The van der Waals surface area contributed by atoms with E-state index in [0.29, 0.717) is 23.1 Å². The molecule has 7 nitrogen and oxygen atoms in total. The van der Waals surface area contributed by atoms with E-state index in [-0.39, 0.29) is 4.90 Å². The van der Waals surface area contributed by atoms with Crippen LogP contribution in [-0.4, -0.2) is 30.3 Å². The minimum atomic E-state index is -3.80. The molecular formula is C21H20N4O3S. The van der Waals surface area contributed by atoms with Gasteiger partial charge in [0.15, 0.2) is 5.82 Å². The van der Waals surface area contributed by atoms with Gasteiger partial charge in [0.05, 0.1) is 23.2 Å². The molecular weight excluding hydrogens is 388 g/mol. The summed E-state index contributed by atoms with van der Waals surface area (Å²) >= 11 is 0. The number of para-hydroxylation sites is 1. The Bertz CT molecular complexity index is 1300. The maximum atomic E-state index is 12.9. The summed E-state index contributed by atoms with van der Waals surface area (Å²) in [6.45, 7) is 3.79. The highest BCUT2D eigenvalue weighted by Crippen LogP contribution is 2.24. The number of hydrogen-bond donors (Lipinski definition) is 1. The number of sulfonamides is 1. The van der Waals surface area contributed by atoms with E-state index in [1.807, 2.05) is 37.3 Å². The summed E-state index contributed by atoms with van der Waals surface area (Å²) in [6.07, 6.45) is 0. The maximum absolute atomic E-state index is 12.9. The van der Waals surface area contributed by atoms with Gasteiger partial charge in [0, 0.05) is 11.5 Å². The predicted molar refractivity (Wildman–Crippen MR) is 112 cm³/mol. The van der Waals surface area contributed by atoms with Gasteiger partial charge in [-0.15, -0.1) is 0 Å². The number of rotatable bonds is 5. The van der Waals surface area contributed by atoms with Gasteiger partial charge >= 0.3 is 0 Å². The number of benzene rings is 2. The van der Waals surface area contributed by atoms with Crippen LogP contribution in [0.5, 0.6) is 5.75 Å². The number of hydrogen-bond acceptors (Lipinski definition) is 5. The van der Waals surface area contributed by atoms with Crippen molar-refractivity contribution in [2.45, 2.75) is 18.7 Å². The Hall–Kier alpha value is -3.39. The van der Waals surface area contributed by atoms with Crippen LogP contribution in [0.1, 0.15) is 11.3 Å². The summed E-state index contributed by atoms with van der Waals surface area (Å²) in [4.78, 5) is 4.79. The van der Waals surface area contributed by atoms with Crippen molar-refractivity contribution in [3.05, 3.63) is 71.9 Å². The molecule has 0 aliphatic heterocycles. The molecule has 0 saturated heterocycles. The molecule has 148 valence electrons. The van der Waals surface area contributed by atoms with Crippen LogP contribution in [-0.2, 0) is 10.0 Å². The quantitative estimate of drug-likeness (QED) is 0.542. The predicted octanol–water partition coefficient (Wildman–Crippen LogP) is 3.85. The number of anilines is 1. The third kappa shape index (κ3) is 3.66. The number of nitrogens with zero attached hydrogens (tertiary/aromatic N) is 3. The standard InChI is InChI=1S/C21H20N4O3S/c1-14-12-20(22-19-7-5-4-6-18(14)19)25-21(13-15(2)23-25)24-29(26,27)17-10-8-16(28-3)9-11-17/h4-13,24H,1-3H3. The Morgan fingerprint density at radius 1 is 1.00 bits per heavy atom. The topological polar surface area (TPSA) is 86.1 Å². The van der Waals surface area contributed by atoms with Crippen LogP contribution in [0.25, 0.3) is 16.7 Å². The lowest BCUT2D eigenvalue weighted by molar-refractivity contribution is 0.414. The molecule has 0 saturated carbocycles.